The van der Waals surface area contributed by atoms with E-state index >= 15 is 0 Å². The SMILES string of the molecule is Bc1cnn2c1NC(c1ccccc1Cl)C=C2NCc1ccc(N)cc1. The number of nitrogens with two attached hydrogens (primary N) is 1. The molecule has 7 heteroatoms. The number of nitrogens with zero attached hydrogens (tertiary/aromatic N) is 2. The van der Waals surface area contributed by atoms with Gasteiger partial charge in [-0.25, -0.2) is 4.68 Å². The molecule has 1 unspecified atom stereocenters. The molecule has 0 aliphatic carbocycles. The first kappa shape index (κ1) is 16.6. The van der Waals surface area contributed by atoms with Gasteiger partial charge in [-0.15, -0.1) is 0 Å². The van der Waals surface area contributed by atoms with Crippen molar-refractivity contribution in [3.05, 3.63) is 77.0 Å². The van der Waals surface area contributed by atoms with Gasteiger partial charge in [0.2, 0.25) is 0 Å². The lowest BCUT2D eigenvalue weighted by Crippen LogP contribution is -2.28. The van der Waals surface area contributed by atoms with Crippen LogP contribution in [0.15, 0.2) is 60.8 Å². The van der Waals surface area contributed by atoms with Crippen LogP contribution in [0.5, 0.6) is 0 Å². The summed E-state index contributed by atoms with van der Waals surface area (Å²) in [4.78, 5) is 0. The zero-order valence-corrected chi connectivity index (χ0v) is 15.2. The Balaban J connectivity index is 1.65. The highest BCUT2D eigenvalue weighted by Crippen LogP contribution is 2.31. The summed E-state index contributed by atoms with van der Waals surface area (Å²) in [6, 6.07) is 15.7. The molecule has 0 bridgehead atoms. The van der Waals surface area contributed by atoms with Crippen LogP contribution < -0.4 is 21.8 Å². The van der Waals surface area contributed by atoms with E-state index in [2.05, 4.69) is 21.8 Å². The molecule has 0 saturated carbocycles. The Labute approximate surface area is 158 Å². The van der Waals surface area contributed by atoms with Gasteiger partial charge in [-0.1, -0.05) is 41.9 Å². The zero-order chi connectivity index (χ0) is 18.1. The van der Waals surface area contributed by atoms with Crippen molar-refractivity contribution in [1.82, 2.24) is 15.1 Å². The highest BCUT2D eigenvalue weighted by atomic mass is 35.5. The summed E-state index contributed by atoms with van der Waals surface area (Å²) in [5.41, 5.74) is 9.80. The first-order valence-corrected chi connectivity index (χ1v) is 8.85. The first-order valence-electron chi connectivity index (χ1n) is 8.48. The van der Waals surface area contributed by atoms with Crippen molar-refractivity contribution in [3.63, 3.8) is 0 Å². The summed E-state index contributed by atoms with van der Waals surface area (Å²) in [5.74, 6) is 1.89. The fourth-order valence-electron chi connectivity index (χ4n) is 3.06. The van der Waals surface area contributed by atoms with Crippen LogP contribution in [0.2, 0.25) is 5.02 Å². The highest BCUT2D eigenvalue weighted by molar-refractivity contribution is 6.35. The molecule has 1 atom stereocenters. The molecule has 4 rings (SSSR count). The van der Waals surface area contributed by atoms with Gasteiger partial charge >= 0.3 is 0 Å². The van der Waals surface area contributed by atoms with Crippen LogP contribution in [0.25, 0.3) is 5.82 Å². The number of rotatable bonds is 4. The van der Waals surface area contributed by atoms with Gasteiger partial charge in [0.25, 0.3) is 0 Å². The molecule has 5 nitrogen and oxygen atoms in total. The summed E-state index contributed by atoms with van der Waals surface area (Å²) >= 11 is 6.41. The minimum atomic E-state index is -0.0273. The quantitative estimate of drug-likeness (QED) is 0.491. The number of anilines is 2. The van der Waals surface area contributed by atoms with Gasteiger partial charge in [0, 0.05) is 23.5 Å². The van der Waals surface area contributed by atoms with Gasteiger partial charge in [-0.3, -0.25) is 0 Å². The van der Waals surface area contributed by atoms with Crippen LogP contribution in [0.3, 0.4) is 0 Å². The number of halogens is 1. The largest absolute Gasteiger partial charge is 0.399 e. The summed E-state index contributed by atoms with van der Waals surface area (Å²) in [6.45, 7) is 0.680. The Hall–Kier alpha value is -2.86. The van der Waals surface area contributed by atoms with E-state index in [4.69, 9.17) is 17.3 Å². The van der Waals surface area contributed by atoms with Gasteiger partial charge in [0.1, 0.15) is 19.5 Å². The molecule has 1 aliphatic rings. The maximum atomic E-state index is 6.41. The lowest BCUT2D eigenvalue weighted by molar-refractivity contribution is 0.739. The molecule has 0 spiro atoms. The lowest BCUT2D eigenvalue weighted by Gasteiger charge is -2.27. The standard InChI is InChI=1S/C19H19BClN5/c20-15-11-24-26-18(23-10-12-5-7-13(22)8-6-12)9-17(25-19(15)26)14-3-1-2-4-16(14)21/h1-9,11,17,23,25H,10,20,22H2. The molecule has 0 saturated heterocycles. The van der Waals surface area contributed by atoms with E-state index in [1.807, 2.05) is 67.3 Å². The van der Waals surface area contributed by atoms with Gasteiger partial charge < -0.3 is 16.4 Å². The minimum Gasteiger partial charge on any atom is -0.399 e. The maximum absolute atomic E-state index is 6.41. The van der Waals surface area contributed by atoms with E-state index in [-0.39, 0.29) is 6.04 Å². The topological polar surface area (TPSA) is 67.9 Å². The fourth-order valence-corrected chi connectivity index (χ4v) is 3.32. The van der Waals surface area contributed by atoms with Crippen molar-refractivity contribution in [1.29, 1.82) is 0 Å². The predicted molar refractivity (Wildman–Crippen MR) is 110 cm³/mol. The van der Waals surface area contributed by atoms with E-state index in [0.29, 0.717) is 6.54 Å². The van der Waals surface area contributed by atoms with Crippen molar-refractivity contribution in [2.24, 2.45) is 0 Å². The Kier molecular flexibility index (Phi) is 4.35. The van der Waals surface area contributed by atoms with Crippen molar-refractivity contribution >= 4 is 42.2 Å². The molecule has 26 heavy (non-hydrogen) atoms. The number of nitrogens with one attached hydrogen (secondary N) is 2. The highest BCUT2D eigenvalue weighted by Gasteiger charge is 2.23. The van der Waals surface area contributed by atoms with E-state index in [9.17, 15) is 0 Å². The third-order valence-corrected chi connectivity index (χ3v) is 4.83. The molecule has 2 heterocycles. The Morgan fingerprint density at radius 2 is 1.96 bits per heavy atom. The molecular weight excluding hydrogens is 345 g/mol. The molecule has 0 amide bonds. The van der Waals surface area contributed by atoms with Crippen LogP contribution in [0.1, 0.15) is 17.2 Å². The maximum Gasteiger partial charge on any atom is 0.146 e. The molecule has 1 aromatic heterocycles. The van der Waals surface area contributed by atoms with Gasteiger partial charge in [-0.05, 0) is 40.9 Å². The molecule has 2 aromatic carbocycles. The van der Waals surface area contributed by atoms with Crippen molar-refractivity contribution in [2.45, 2.75) is 12.6 Å². The van der Waals surface area contributed by atoms with Crippen molar-refractivity contribution in [3.8, 4) is 0 Å². The molecule has 1 aliphatic heterocycles. The van der Waals surface area contributed by atoms with E-state index in [1.165, 1.54) is 0 Å². The van der Waals surface area contributed by atoms with Gasteiger partial charge in [-0.2, -0.15) is 5.10 Å². The average molecular weight is 364 g/mol. The number of hydrogen-bond donors (Lipinski definition) is 3. The third kappa shape index (κ3) is 3.16. The van der Waals surface area contributed by atoms with E-state index in [0.717, 1.165) is 38.9 Å². The smallest absolute Gasteiger partial charge is 0.146 e. The van der Waals surface area contributed by atoms with Crippen LogP contribution in [-0.2, 0) is 6.54 Å². The summed E-state index contributed by atoms with van der Waals surface area (Å²) < 4.78 is 1.89. The van der Waals surface area contributed by atoms with Gasteiger partial charge in [0.05, 0.1) is 6.04 Å². The Morgan fingerprint density at radius 3 is 2.73 bits per heavy atom. The second-order valence-corrected chi connectivity index (χ2v) is 6.79. The van der Waals surface area contributed by atoms with Crippen LogP contribution in [0.4, 0.5) is 11.5 Å². The number of hydrogen-bond acceptors (Lipinski definition) is 4. The van der Waals surface area contributed by atoms with Crippen LogP contribution in [0, 0.1) is 0 Å². The summed E-state index contributed by atoms with van der Waals surface area (Å²) in [5, 5.41) is 12.2. The second kappa shape index (κ2) is 6.80. The van der Waals surface area contributed by atoms with Crippen molar-refractivity contribution < 1.29 is 0 Å². The van der Waals surface area contributed by atoms with Crippen molar-refractivity contribution in [2.75, 3.05) is 11.1 Å². The molecule has 0 radical (unpaired) electrons. The number of nitrogen functional groups attached to an aromatic ring is 1. The second-order valence-electron chi connectivity index (χ2n) is 6.38. The third-order valence-electron chi connectivity index (χ3n) is 4.49. The van der Waals surface area contributed by atoms with Crippen LogP contribution >= 0.6 is 11.6 Å². The molecule has 0 fully saturated rings. The zero-order valence-electron chi connectivity index (χ0n) is 14.4. The average Bonchev–Trinajstić information content (AvgIpc) is 3.02. The molecule has 130 valence electrons. The number of benzene rings is 2. The predicted octanol–water partition coefficient (Wildman–Crippen LogP) is 2.13. The van der Waals surface area contributed by atoms with E-state index in [1.54, 1.807) is 0 Å². The lowest BCUT2D eigenvalue weighted by atomic mass is 9.98. The van der Waals surface area contributed by atoms with E-state index < -0.39 is 0 Å². The number of aromatic nitrogens is 2. The van der Waals surface area contributed by atoms with Gasteiger partial charge in [0.15, 0.2) is 0 Å². The first-order chi connectivity index (χ1) is 12.6. The Morgan fingerprint density at radius 1 is 1.19 bits per heavy atom. The summed E-state index contributed by atoms with van der Waals surface area (Å²) in [7, 11) is 2.04. The monoisotopic (exact) mass is 363 g/mol. The molecule has 3 aromatic rings. The molecular formula is C19H19BClN5. The summed E-state index contributed by atoms with van der Waals surface area (Å²) in [6.07, 6.45) is 3.97. The fraction of sp³-hybridized carbons (Fsp3) is 0.105. The molecule has 4 N–H and O–H groups in total. The van der Waals surface area contributed by atoms with Crippen LogP contribution in [-0.4, -0.2) is 17.6 Å². The number of fused-ring (bicyclic) bond motifs is 1. The Bertz CT molecular complexity index is 964. The minimum absolute atomic E-state index is 0.0273. The normalized spacial score (nSPS) is 15.7.